The summed E-state index contributed by atoms with van der Waals surface area (Å²) in [6.07, 6.45) is 4.46. The van der Waals surface area contributed by atoms with E-state index in [0.717, 1.165) is 29.8 Å². The van der Waals surface area contributed by atoms with Crippen molar-refractivity contribution in [1.82, 2.24) is 19.9 Å². The molecule has 1 N–H and O–H groups in total. The van der Waals surface area contributed by atoms with Crippen LogP contribution in [0.15, 0.2) is 24.3 Å². The van der Waals surface area contributed by atoms with Gasteiger partial charge in [0, 0.05) is 26.3 Å². The summed E-state index contributed by atoms with van der Waals surface area (Å²) in [6.45, 7) is 3.67. The Hall–Kier alpha value is -2.84. The van der Waals surface area contributed by atoms with Gasteiger partial charge in [0.2, 0.25) is 0 Å². The van der Waals surface area contributed by atoms with Gasteiger partial charge in [-0.2, -0.15) is 5.26 Å². The zero-order valence-corrected chi connectivity index (χ0v) is 13.9. The van der Waals surface area contributed by atoms with Crippen LogP contribution in [0.3, 0.4) is 0 Å². The molecule has 0 saturated carbocycles. The lowest BCUT2D eigenvalue weighted by Gasteiger charge is -2.42. The number of H-pyrrole nitrogens is 1. The van der Waals surface area contributed by atoms with Crippen molar-refractivity contribution >= 4 is 22.8 Å². The number of nitrogens with one attached hydrogen (secondary N) is 1. The van der Waals surface area contributed by atoms with Gasteiger partial charge in [0.1, 0.15) is 29.4 Å². The minimum absolute atomic E-state index is 0.101. The molecule has 1 saturated heterocycles. The summed E-state index contributed by atoms with van der Waals surface area (Å²) in [5.74, 6) is 3.25. The Balaban J connectivity index is 1.88. The molecule has 24 heavy (non-hydrogen) atoms. The van der Waals surface area contributed by atoms with Gasteiger partial charge >= 0.3 is 0 Å². The third-order valence-corrected chi connectivity index (χ3v) is 4.83. The van der Waals surface area contributed by atoms with Crippen molar-refractivity contribution in [1.29, 1.82) is 5.26 Å². The van der Waals surface area contributed by atoms with Crippen LogP contribution in [0, 0.1) is 17.2 Å². The van der Waals surface area contributed by atoms with Crippen molar-refractivity contribution in [3.63, 3.8) is 0 Å². The normalized spacial score (nSPS) is 20.5. The zero-order valence-electron chi connectivity index (χ0n) is 13.9. The summed E-state index contributed by atoms with van der Waals surface area (Å²) in [6, 6.07) is 4.20. The molecule has 0 aliphatic carbocycles. The fourth-order valence-electron chi connectivity index (χ4n) is 3.38. The van der Waals surface area contributed by atoms with E-state index in [-0.39, 0.29) is 12.5 Å². The maximum absolute atomic E-state index is 11.2. The van der Waals surface area contributed by atoms with Crippen molar-refractivity contribution in [2.75, 3.05) is 25.0 Å². The monoisotopic (exact) mass is 324 g/mol. The van der Waals surface area contributed by atoms with Crippen LogP contribution in [0.25, 0.3) is 11.0 Å². The molecule has 0 bridgehead atoms. The molecule has 0 amide bonds. The lowest BCUT2D eigenvalue weighted by atomic mass is 9.91. The Kier molecular flexibility index (Phi) is 4.50. The van der Waals surface area contributed by atoms with Crippen LogP contribution >= 0.6 is 0 Å². The SMILES string of the molecule is C[C@@H]1CCN(C(=C=O)CC#N)C[C@@H]1N(C)c1ncnc2[nH]ccc12. The number of anilines is 1. The predicted molar refractivity (Wildman–Crippen MR) is 90.9 cm³/mol. The second-order valence-electron chi connectivity index (χ2n) is 6.21. The van der Waals surface area contributed by atoms with Crippen LogP contribution in [-0.4, -0.2) is 52.0 Å². The highest BCUT2D eigenvalue weighted by molar-refractivity contribution is 5.87. The van der Waals surface area contributed by atoms with E-state index < -0.39 is 0 Å². The lowest BCUT2D eigenvalue weighted by molar-refractivity contribution is 0.203. The molecule has 7 nitrogen and oxygen atoms in total. The first-order valence-electron chi connectivity index (χ1n) is 8.02. The molecule has 0 aromatic carbocycles. The van der Waals surface area contributed by atoms with Gasteiger partial charge in [-0.3, -0.25) is 0 Å². The van der Waals surface area contributed by atoms with E-state index in [9.17, 15) is 4.79 Å². The van der Waals surface area contributed by atoms with Crippen molar-refractivity contribution in [2.24, 2.45) is 5.92 Å². The largest absolute Gasteiger partial charge is 0.363 e. The fourth-order valence-corrected chi connectivity index (χ4v) is 3.38. The molecule has 2 aromatic heterocycles. The van der Waals surface area contributed by atoms with E-state index in [1.165, 1.54) is 0 Å². The van der Waals surface area contributed by atoms with Gasteiger partial charge < -0.3 is 14.8 Å². The highest BCUT2D eigenvalue weighted by Gasteiger charge is 2.31. The quantitative estimate of drug-likeness (QED) is 0.862. The Bertz CT molecular complexity index is 816. The first kappa shape index (κ1) is 16.0. The highest BCUT2D eigenvalue weighted by atomic mass is 16.1. The van der Waals surface area contributed by atoms with Gasteiger partial charge in [-0.1, -0.05) is 6.92 Å². The number of likely N-dealkylation sites (tertiary alicyclic amines) is 1. The number of allylic oxidation sites excluding steroid dienone is 1. The summed E-state index contributed by atoms with van der Waals surface area (Å²) in [5.41, 5.74) is 1.25. The average Bonchev–Trinajstić information content (AvgIpc) is 3.08. The third-order valence-electron chi connectivity index (χ3n) is 4.83. The number of piperidine rings is 1. The van der Waals surface area contributed by atoms with Crippen molar-refractivity contribution in [3.8, 4) is 6.07 Å². The predicted octanol–water partition coefficient (Wildman–Crippen LogP) is 1.73. The number of aromatic nitrogens is 3. The van der Waals surface area contributed by atoms with E-state index in [4.69, 9.17) is 5.26 Å². The number of hydrogen-bond acceptors (Lipinski definition) is 6. The maximum Gasteiger partial charge on any atom is 0.146 e. The summed E-state index contributed by atoms with van der Waals surface area (Å²) in [5, 5.41) is 9.87. The number of likely N-dealkylation sites (N-methyl/N-ethyl adjacent to an activating group) is 1. The summed E-state index contributed by atoms with van der Waals surface area (Å²) < 4.78 is 0. The fraction of sp³-hybridized carbons (Fsp3) is 0.471. The Morgan fingerprint density at radius 3 is 3.12 bits per heavy atom. The molecule has 1 aliphatic heterocycles. The first-order valence-corrected chi connectivity index (χ1v) is 8.02. The smallest absolute Gasteiger partial charge is 0.146 e. The van der Waals surface area contributed by atoms with E-state index in [1.54, 1.807) is 6.33 Å². The van der Waals surface area contributed by atoms with E-state index in [0.29, 0.717) is 18.2 Å². The number of aromatic amines is 1. The minimum atomic E-state index is 0.101. The van der Waals surface area contributed by atoms with E-state index in [1.807, 2.05) is 36.2 Å². The molecule has 0 radical (unpaired) electrons. The van der Waals surface area contributed by atoms with Crippen molar-refractivity contribution in [3.05, 3.63) is 24.3 Å². The highest BCUT2D eigenvalue weighted by Crippen LogP contribution is 2.29. The molecule has 2 aromatic rings. The topological polar surface area (TPSA) is 88.9 Å². The Labute approximate surface area is 140 Å². The van der Waals surface area contributed by atoms with Crippen molar-refractivity contribution < 1.29 is 4.79 Å². The van der Waals surface area contributed by atoms with Crippen LogP contribution in [0.2, 0.25) is 0 Å². The standard InChI is InChI=1S/C17H20N6O/c1-12-5-8-23(13(10-24)3-6-18)9-15(12)22(2)17-14-4-7-19-16(14)20-11-21-17/h4,7,11-12,15H,3,5,8-9H2,1-2H3,(H,19,20,21)/t12-,15+/m1/s1. The summed E-state index contributed by atoms with van der Waals surface area (Å²) in [7, 11) is 2.02. The third kappa shape index (κ3) is 2.84. The zero-order chi connectivity index (χ0) is 17.1. The summed E-state index contributed by atoms with van der Waals surface area (Å²) >= 11 is 0. The van der Waals surface area contributed by atoms with Gasteiger partial charge in [-0.05, 0) is 18.4 Å². The van der Waals surface area contributed by atoms with Crippen LogP contribution in [0.5, 0.6) is 0 Å². The number of carbonyl (C=O) groups excluding carboxylic acids is 1. The van der Waals surface area contributed by atoms with E-state index >= 15 is 0 Å². The summed E-state index contributed by atoms with van der Waals surface area (Å²) in [4.78, 5) is 27.1. The number of fused-ring (bicyclic) bond motifs is 1. The lowest BCUT2D eigenvalue weighted by Crippen LogP contribution is -2.50. The average molecular weight is 324 g/mol. The van der Waals surface area contributed by atoms with Crippen molar-refractivity contribution in [2.45, 2.75) is 25.8 Å². The molecular weight excluding hydrogens is 304 g/mol. The van der Waals surface area contributed by atoms with Gasteiger partial charge in [0.25, 0.3) is 0 Å². The van der Waals surface area contributed by atoms with Crippen LogP contribution in [-0.2, 0) is 4.79 Å². The van der Waals surface area contributed by atoms with Gasteiger partial charge in [0.15, 0.2) is 0 Å². The molecule has 3 heterocycles. The van der Waals surface area contributed by atoms with Crippen LogP contribution in [0.4, 0.5) is 5.82 Å². The second kappa shape index (κ2) is 6.73. The van der Waals surface area contributed by atoms with Crippen LogP contribution < -0.4 is 4.90 Å². The molecular formula is C17H20N6O. The van der Waals surface area contributed by atoms with E-state index in [2.05, 4.69) is 26.8 Å². The number of rotatable bonds is 4. The number of nitrogens with zero attached hydrogens (tertiary/aromatic N) is 5. The molecule has 3 rings (SSSR count). The minimum Gasteiger partial charge on any atom is -0.363 e. The first-order chi connectivity index (χ1) is 11.7. The molecule has 0 spiro atoms. The number of hydrogen-bond donors (Lipinski definition) is 1. The number of nitriles is 1. The maximum atomic E-state index is 11.2. The Morgan fingerprint density at radius 2 is 2.38 bits per heavy atom. The van der Waals surface area contributed by atoms with Gasteiger partial charge in [-0.15, -0.1) is 0 Å². The van der Waals surface area contributed by atoms with Gasteiger partial charge in [0.05, 0.1) is 23.9 Å². The van der Waals surface area contributed by atoms with Crippen LogP contribution in [0.1, 0.15) is 19.8 Å². The molecule has 7 heteroatoms. The molecule has 2 atom stereocenters. The Morgan fingerprint density at radius 1 is 1.54 bits per heavy atom. The van der Waals surface area contributed by atoms with Gasteiger partial charge in [-0.25, -0.2) is 14.8 Å². The molecule has 1 fully saturated rings. The molecule has 1 aliphatic rings. The molecule has 124 valence electrons. The second-order valence-corrected chi connectivity index (χ2v) is 6.21. The molecule has 0 unspecified atom stereocenters.